The maximum atomic E-state index is 12.2. The van der Waals surface area contributed by atoms with Crippen molar-refractivity contribution in [1.29, 1.82) is 0 Å². The van der Waals surface area contributed by atoms with E-state index in [0.717, 1.165) is 24.0 Å². The second-order valence-corrected chi connectivity index (χ2v) is 6.11. The van der Waals surface area contributed by atoms with E-state index >= 15 is 0 Å². The highest BCUT2D eigenvalue weighted by atomic mass is 35.5. The van der Waals surface area contributed by atoms with Crippen molar-refractivity contribution in [1.82, 2.24) is 10.3 Å². The zero-order chi connectivity index (χ0) is 16.8. The summed E-state index contributed by atoms with van der Waals surface area (Å²) in [7, 11) is 0. The lowest BCUT2D eigenvalue weighted by Crippen LogP contribution is -2.23. The van der Waals surface area contributed by atoms with Gasteiger partial charge in [-0.15, -0.1) is 12.4 Å². The molecule has 1 fully saturated rings. The van der Waals surface area contributed by atoms with Gasteiger partial charge in [-0.05, 0) is 55.0 Å². The van der Waals surface area contributed by atoms with Gasteiger partial charge in [0.2, 0.25) is 5.88 Å². The third-order valence-corrected chi connectivity index (χ3v) is 4.29. The lowest BCUT2D eigenvalue weighted by Gasteiger charge is -2.13. The fraction of sp³-hybridized carbons (Fsp3) is 0.368. The molecule has 6 heteroatoms. The number of benzene rings is 1. The van der Waals surface area contributed by atoms with Gasteiger partial charge in [0, 0.05) is 30.9 Å². The van der Waals surface area contributed by atoms with Crippen molar-refractivity contribution in [3.63, 3.8) is 0 Å². The number of pyridine rings is 1. The number of ether oxygens (including phenoxy) is 1. The number of rotatable bonds is 6. The zero-order valence-electron chi connectivity index (χ0n) is 14.1. The molecule has 1 aromatic heterocycles. The van der Waals surface area contributed by atoms with E-state index in [2.05, 4.69) is 10.3 Å². The fourth-order valence-electron chi connectivity index (χ4n) is 2.88. The molecule has 1 aliphatic rings. The molecule has 0 bridgehead atoms. The Kier molecular flexibility index (Phi) is 7.22. The van der Waals surface area contributed by atoms with Crippen molar-refractivity contribution in [2.45, 2.75) is 44.9 Å². The number of amides is 1. The highest BCUT2D eigenvalue weighted by Gasteiger charge is 2.17. The Balaban J connectivity index is 0.00000225. The van der Waals surface area contributed by atoms with Crippen molar-refractivity contribution in [3.8, 4) is 5.88 Å². The topological polar surface area (TPSA) is 77.2 Å². The van der Waals surface area contributed by atoms with Gasteiger partial charge in [0.15, 0.2) is 0 Å². The van der Waals surface area contributed by atoms with Crippen LogP contribution in [0.15, 0.2) is 42.6 Å². The summed E-state index contributed by atoms with van der Waals surface area (Å²) in [5.74, 6) is 0.537. The van der Waals surface area contributed by atoms with E-state index in [1.54, 1.807) is 18.3 Å². The quantitative estimate of drug-likeness (QED) is 0.828. The zero-order valence-corrected chi connectivity index (χ0v) is 14.9. The van der Waals surface area contributed by atoms with Crippen molar-refractivity contribution in [2.75, 3.05) is 0 Å². The lowest BCUT2D eigenvalue weighted by atomic mass is 10.1. The minimum Gasteiger partial charge on any atom is -0.474 e. The van der Waals surface area contributed by atoms with Gasteiger partial charge in [0.05, 0.1) is 0 Å². The van der Waals surface area contributed by atoms with Gasteiger partial charge in [-0.1, -0.05) is 12.1 Å². The monoisotopic (exact) mass is 361 g/mol. The van der Waals surface area contributed by atoms with Gasteiger partial charge in [-0.3, -0.25) is 4.79 Å². The summed E-state index contributed by atoms with van der Waals surface area (Å²) in [6, 6.07) is 11.1. The number of aromatic nitrogens is 1. The fourth-order valence-corrected chi connectivity index (χ4v) is 2.88. The SMILES string of the molecule is Cl.NCc1ccc(C(=O)NCc2ccnc(OC3CCCC3)c2)cc1. The molecule has 5 nitrogen and oxygen atoms in total. The molecule has 0 atom stereocenters. The lowest BCUT2D eigenvalue weighted by molar-refractivity contribution is 0.0950. The first kappa shape index (κ1) is 19.2. The van der Waals surface area contributed by atoms with E-state index in [9.17, 15) is 4.79 Å². The van der Waals surface area contributed by atoms with E-state index in [-0.39, 0.29) is 24.4 Å². The molecule has 1 aromatic carbocycles. The van der Waals surface area contributed by atoms with Gasteiger partial charge in [-0.25, -0.2) is 4.98 Å². The van der Waals surface area contributed by atoms with Gasteiger partial charge in [0.25, 0.3) is 5.91 Å². The standard InChI is InChI=1S/C19H23N3O2.ClH/c20-12-14-5-7-16(8-6-14)19(23)22-13-15-9-10-21-18(11-15)24-17-3-1-2-4-17;/h5-11,17H,1-4,12-13,20H2,(H,22,23);1H. The van der Waals surface area contributed by atoms with Gasteiger partial charge in [0.1, 0.15) is 6.10 Å². The Morgan fingerprint density at radius 2 is 1.88 bits per heavy atom. The Morgan fingerprint density at radius 3 is 2.56 bits per heavy atom. The Morgan fingerprint density at radius 1 is 1.16 bits per heavy atom. The van der Waals surface area contributed by atoms with Gasteiger partial charge >= 0.3 is 0 Å². The van der Waals surface area contributed by atoms with E-state index in [1.807, 2.05) is 24.3 Å². The molecule has 1 aliphatic carbocycles. The molecule has 0 radical (unpaired) electrons. The molecule has 1 heterocycles. The molecule has 134 valence electrons. The predicted molar refractivity (Wildman–Crippen MR) is 99.9 cm³/mol. The van der Waals surface area contributed by atoms with Crippen molar-refractivity contribution in [3.05, 3.63) is 59.3 Å². The maximum absolute atomic E-state index is 12.2. The highest BCUT2D eigenvalue weighted by molar-refractivity contribution is 5.94. The number of hydrogen-bond donors (Lipinski definition) is 2. The smallest absolute Gasteiger partial charge is 0.251 e. The molecule has 3 rings (SSSR count). The molecule has 2 aromatic rings. The predicted octanol–water partition coefficient (Wildman–Crippen LogP) is 3.21. The second kappa shape index (κ2) is 9.39. The Labute approximate surface area is 154 Å². The van der Waals surface area contributed by atoms with E-state index in [4.69, 9.17) is 10.5 Å². The Bertz CT molecular complexity index is 685. The molecule has 0 aliphatic heterocycles. The average molecular weight is 362 g/mol. The van der Waals surface area contributed by atoms with Crippen LogP contribution in [0, 0.1) is 0 Å². The molecule has 0 spiro atoms. The number of nitrogens with zero attached hydrogens (tertiary/aromatic N) is 1. The molecular weight excluding hydrogens is 338 g/mol. The van der Waals surface area contributed by atoms with Crippen LogP contribution in [0.2, 0.25) is 0 Å². The summed E-state index contributed by atoms with van der Waals surface area (Å²) in [5.41, 5.74) is 8.18. The number of nitrogens with one attached hydrogen (secondary N) is 1. The van der Waals surface area contributed by atoms with Crippen LogP contribution in [0.1, 0.15) is 47.2 Å². The minimum atomic E-state index is -0.103. The third-order valence-electron chi connectivity index (χ3n) is 4.29. The maximum Gasteiger partial charge on any atom is 0.251 e. The summed E-state index contributed by atoms with van der Waals surface area (Å²) in [5, 5.41) is 2.92. The summed E-state index contributed by atoms with van der Waals surface area (Å²) in [4.78, 5) is 16.5. The summed E-state index contributed by atoms with van der Waals surface area (Å²) >= 11 is 0. The number of hydrogen-bond acceptors (Lipinski definition) is 4. The molecular formula is C19H24ClN3O2. The van der Waals surface area contributed by atoms with E-state index in [0.29, 0.717) is 24.5 Å². The number of nitrogens with two attached hydrogens (primary N) is 1. The largest absolute Gasteiger partial charge is 0.474 e. The molecule has 0 unspecified atom stereocenters. The normalized spacial score (nSPS) is 14.0. The third kappa shape index (κ3) is 5.44. The van der Waals surface area contributed by atoms with Crippen LogP contribution < -0.4 is 15.8 Å². The van der Waals surface area contributed by atoms with Gasteiger partial charge < -0.3 is 15.8 Å². The van der Waals surface area contributed by atoms with Crippen LogP contribution in [-0.2, 0) is 13.1 Å². The number of halogens is 1. The highest BCUT2D eigenvalue weighted by Crippen LogP contribution is 2.23. The first-order valence-electron chi connectivity index (χ1n) is 8.43. The first-order chi connectivity index (χ1) is 11.7. The van der Waals surface area contributed by atoms with Crippen molar-refractivity contribution >= 4 is 18.3 Å². The van der Waals surface area contributed by atoms with Crippen LogP contribution >= 0.6 is 12.4 Å². The first-order valence-corrected chi connectivity index (χ1v) is 8.43. The average Bonchev–Trinajstić information content (AvgIpc) is 3.13. The van der Waals surface area contributed by atoms with E-state index < -0.39 is 0 Å². The molecule has 1 saturated carbocycles. The second-order valence-electron chi connectivity index (χ2n) is 6.11. The molecule has 25 heavy (non-hydrogen) atoms. The molecule has 0 saturated heterocycles. The van der Waals surface area contributed by atoms with Crippen LogP contribution in [0.5, 0.6) is 5.88 Å². The summed E-state index contributed by atoms with van der Waals surface area (Å²) < 4.78 is 5.90. The number of carbonyl (C=O) groups excluding carboxylic acids is 1. The summed E-state index contributed by atoms with van der Waals surface area (Å²) in [6.07, 6.45) is 6.65. The van der Waals surface area contributed by atoms with Crippen LogP contribution in [0.25, 0.3) is 0 Å². The molecule has 1 amide bonds. The van der Waals surface area contributed by atoms with E-state index in [1.165, 1.54) is 12.8 Å². The van der Waals surface area contributed by atoms with Crippen molar-refractivity contribution < 1.29 is 9.53 Å². The van der Waals surface area contributed by atoms with Crippen molar-refractivity contribution in [2.24, 2.45) is 5.73 Å². The minimum absolute atomic E-state index is 0. The summed E-state index contributed by atoms with van der Waals surface area (Å²) in [6.45, 7) is 0.920. The van der Waals surface area contributed by atoms with Crippen LogP contribution in [0.3, 0.4) is 0 Å². The van der Waals surface area contributed by atoms with Crippen LogP contribution in [-0.4, -0.2) is 17.0 Å². The van der Waals surface area contributed by atoms with Gasteiger partial charge in [-0.2, -0.15) is 0 Å². The van der Waals surface area contributed by atoms with Crippen LogP contribution in [0.4, 0.5) is 0 Å². The number of carbonyl (C=O) groups is 1. The molecule has 3 N–H and O–H groups in total. The Hall–Kier alpha value is -2.11.